The second-order valence-electron chi connectivity index (χ2n) is 3.35. The molecule has 2 rings (SSSR count). The predicted octanol–water partition coefficient (Wildman–Crippen LogP) is 2.00. The van der Waals surface area contributed by atoms with E-state index in [4.69, 9.17) is 9.95 Å². The van der Waals surface area contributed by atoms with Crippen molar-refractivity contribution in [3.05, 3.63) is 44.8 Å². The van der Waals surface area contributed by atoms with Crippen molar-refractivity contribution in [3.8, 4) is 0 Å². The molecule has 1 aromatic carbocycles. The Morgan fingerprint density at radius 3 is 3.12 bits per heavy atom. The summed E-state index contributed by atoms with van der Waals surface area (Å²) in [4.78, 5) is 27.6. The number of nitrogens with one attached hydrogen (secondary N) is 1. The number of hydrogen-bond donors (Lipinski definition) is 1. The van der Waals surface area contributed by atoms with Crippen LogP contribution in [0.15, 0.2) is 32.5 Å². The van der Waals surface area contributed by atoms with Gasteiger partial charge in [-0.3, -0.25) is 9.78 Å². The molecule has 1 aromatic heterocycles. The highest BCUT2D eigenvalue weighted by molar-refractivity contribution is 5.98. The molecule has 7 heteroatoms. The number of azide groups is 1. The molecule has 0 bridgehead atoms. The molecule has 0 unspecified atom stereocenters. The molecule has 1 N–H and O–H groups in total. The molecule has 1 heterocycles. The fraction of sp³-hybridized carbons (Fsp3) is 0.200. The summed E-state index contributed by atoms with van der Waals surface area (Å²) in [6.45, 7) is 0.116. The molecule has 0 aliphatic rings. The third-order valence-corrected chi connectivity index (χ3v) is 2.25. The van der Waals surface area contributed by atoms with Crippen LogP contribution in [0.2, 0.25) is 0 Å². The molecule has 0 saturated carbocycles. The van der Waals surface area contributed by atoms with E-state index < -0.39 is 5.76 Å². The highest BCUT2D eigenvalue weighted by atomic mass is 16.4. The lowest BCUT2D eigenvalue weighted by molar-refractivity contribution is 0.0985. The minimum absolute atomic E-state index is 0.116. The molecule has 17 heavy (non-hydrogen) atoms. The number of rotatable bonds is 4. The standard InChI is InChI=1S/C10H8N4O3/c11-14-12-4-3-8(15)6-1-2-7-9(5-6)17-10(16)13-7/h1-2,5H,3-4H2,(H,13,16). The Morgan fingerprint density at radius 1 is 1.53 bits per heavy atom. The van der Waals surface area contributed by atoms with Gasteiger partial charge in [-0.25, -0.2) is 4.79 Å². The molecule has 0 aliphatic carbocycles. The zero-order valence-corrected chi connectivity index (χ0v) is 8.71. The highest BCUT2D eigenvalue weighted by Crippen LogP contribution is 2.13. The second-order valence-corrected chi connectivity index (χ2v) is 3.35. The van der Waals surface area contributed by atoms with E-state index in [9.17, 15) is 9.59 Å². The Bertz CT molecular complexity index is 663. The van der Waals surface area contributed by atoms with Gasteiger partial charge in [0.15, 0.2) is 11.4 Å². The molecule has 86 valence electrons. The molecule has 0 saturated heterocycles. The zero-order valence-electron chi connectivity index (χ0n) is 8.71. The summed E-state index contributed by atoms with van der Waals surface area (Å²) in [6, 6.07) is 4.68. The van der Waals surface area contributed by atoms with Crippen molar-refractivity contribution in [2.24, 2.45) is 5.11 Å². The maximum absolute atomic E-state index is 11.7. The van der Waals surface area contributed by atoms with Crippen LogP contribution in [0.5, 0.6) is 0 Å². The monoisotopic (exact) mass is 232 g/mol. The summed E-state index contributed by atoms with van der Waals surface area (Å²) in [7, 11) is 0. The Hall–Kier alpha value is -2.53. The third kappa shape index (κ3) is 2.35. The van der Waals surface area contributed by atoms with E-state index in [-0.39, 0.29) is 18.7 Å². The van der Waals surface area contributed by atoms with Crippen LogP contribution in [0.4, 0.5) is 0 Å². The van der Waals surface area contributed by atoms with E-state index in [0.717, 1.165) is 0 Å². The molecule has 2 aromatic rings. The number of aromatic amines is 1. The Balaban J connectivity index is 2.26. The quantitative estimate of drug-likeness (QED) is 0.376. The second kappa shape index (κ2) is 4.54. The van der Waals surface area contributed by atoms with Gasteiger partial charge in [0, 0.05) is 23.4 Å². The van der Waals surface area contributed by atoms with Crippen LogP contribution in [0.3, 0.4) is 0 Å². The van der Waals surface area contributed by atoms with Crippen LogP contribution in [-0.2, 0) is 0 Å². The fourth-order valence-electron chi connectivity index (χ4n) is 1.46. The number of H-pyrrole nitrogens is 1. The van der Waals surface area contributed by atoms with Crippen molar-refractivity contribution in [3.63, 3.8) is 0 Å². The van der Waals surface area contributed by atoms with Gasteiger partial charge in [-0.15, -0.1) is 0 Å². The minimum atomic E-state index is -0.557. The summed E-state index contributed by atoms with van der Waals surface area (Å²) >= 11 is 0. The minimum Gasteiger partial charge on any atom is -0.408 e. The Labute approximate surface area is 94.7 Å². The van der Waals surface area contributed by atoms with Gasteiger partial charge in [-0.2, -0.15) is 0 Å². The van der Waals surface area contributed by atoms with Crippen LogP contribution in [0, 0.1) is 0 Å². The number of fused-ring (bicyclic) bond motifs is 1. The smallest absolute Gasteiger partial charge is 0.408 e. The average Bonchev–Trinajstić information content (AvgIpc) is 2.68. The van der Waals surface area contributed by atoms with Gasteiger partial charge in [0.25, 0.3) is 0 Å². The summed E-state index contributed by atoms with van der Waals surface area (Å²) in [5, 5.41) is 3.28. The van der Waals surface area contributed by atoms with Crippen molar-refractivity contribution >= 4 is 16.9 Å². The van der Waals surface area contributed by atoms with Crippen molar-refractivity contribution in [2.75, 3.05) is 6.54 Å². The van der Waals surface area contributed by atoms with Gasteiger partial charge >= 0.3 is 5.76 Å². The largest absolute Gasteiger partial charge is 0.417 e. The maximum atomic E-state index is 11.7. The van der Waals surface area contributed by atoms with E-state index in [1.807, 2.05) is 0 Å². The molecule has 0 spiro atoms. The number of carbonyl (C=O) groups excluding carboxylic acids is 1. The van der Waals surface area contributed by atoms with E-state index >= 15 is 0 Å². The summed E-state index contributed by atoms with van der Waals surface area (Å²) < 4.78 is 4.84. The number of nitrogens with zero attached hydrogens (tertiary/aromatic N) is 3. The third-order valence-electron chi connectivity index (χ3n) is 2.25. The van der Waals surface area contributed by atoms with Crippen LogP contribution < -0.4 is 5.76 Å². The summed E-state index contributed by atoms with van der Waals surface area (Å²) in [5.74, 6) is -0.721. The number of hydrogen-bond acceptors (Lipinski definition) is 4. The summed E-state index contributed by atoms with van der Waals surface area (Å²) in [6.07, 6.45) is 0.129. The molecular weight excluding hydrogens is 224 g/mol. The Kier molecular flexibility index (Phi) is 2.93. The summed E-state index contributed by atoms with van der Waals surface area (Å²) in [5.41, 5.74) is 9.39. The lowest BCUT2D eigenvalue weighted by Crippen LogP contribution is -2.00. The molecular formula is C10H8N4O3. The van der Waals surface area contributed by atoms with E-state index in [0.29, 0.717) is 16.7 Å². The SMILES string of the molecule is [N-]=[N+]=NCCC(=O)c1ccc2[nH]c(=O)oc2c1. The van der Waals surface area contributed by atoms with Gasteiger partial charge in [0.05, 0.1) is 5.52 Å². The molecule has 0 atom stereocenters. The number of carbonyl (C=O) groups is 1. The molecule has 0 fully saturated rings. The van der Waals surface area contributed by atoms with E-state index in [1.165, 1.54) is 6.07 Å². The lowest BCUT2D eigenvalue weighted by atomic mass is 10.1. The first-order valence-electron chi connectivity index (χ1n) is 4.87. The molecule has 0 aliphatic heterocycles. The van der Waals surface area contributed by atoms with Gasteiger partial charge in [0.1, 0.15) is 0 Å². The van der Waals surface area contributed by atoms with Crippen LogP contribution in [-0.4, -0.2) is 17.3 Å². The average molecular weight is 232 g/mol. The van der Waals surface area contributed by atoms with Gasteiger partial charge < -0.3 is 4.42 Å². The van der Waals surface area contributed by atoms with E-state index in [1.54, 1.807) is 12.1 Å². The zero-order chi connectivity index (χ0) is 12.3. The highest BCUT2D eigenvalue weighted by Gasteiger charge is 2.08. The topological polar surface area (TPSA) is 112 Å². The van der Waals surface area contributed by atoms with Gasteiger partial charge in [0.2, 0.25) is 0 Å². The number of aromatic nitrogens is 1. The van der Waals surface area contributed by atoms with Gasteiger partial charge in [-0.05, 0) is 23.7 Å². The fourth-order valence-corrected chi connectivity index (χ4v) is 1.46. The first-order valence-corrected chi connectivity index (χ1v) is 4.87. The van der Waals surface area contributed by atoms with Crippen molar-refractivity contribution in [1.82, 2.24) is 4.98 Å². The van der Waals surface area contributed by atoms with Crippen molar-refractivity contribution in [1.29, 1.82) is 0 Å². The van der Waals surface area contributed by atoms with E-state index in [2.05, 4.69) is 15.0 Å². The van der Waals surface area contributed by atoms with Crippen LogP contribution in [0.25, 0.3) is 21.5 Å². The van der Waals surface area contributed by atoms with Gasteiger partial charge in [-0.1, -0.05) is 5.11 Å². The lowest BCUT2D eigenvalue weighted by Gasteiger charge is -1.97. The molecule has 0 radical (unpaired) electrons. The van der Waals surface area contributed by atoms with Crippen LogP contribution >= 0.6 is 0 Å². The first-order chi connectivity index (χ1) is 8.20. The maximum Gasteiger partial charge on any atom is 0.417 e. The predicted molar refractivity (Wildman–Crippen MR) is 59.8 cm³/mol. The first kappa shape index (κ1) is 11.0. The number of ketones is 1. The van der Waals surface area contributed by atoms with Crippen molar-refractivity contribution < 1.29 is 9.21 Å². The number of Topliss-reactive ketones (excluding diaryl/α,β-unsaturated/α-hetero) is 1. The molecule has 7 nitrogen and oxygen atoms in total. The normalized spacial score (nSPS) is 10.1. The van der Waals surface area contributed by atoms with Crippen molar-refractivity contribution in [2.45, 2.75) is 6.42 Å². The number of benzene rings is 1. The number of oxazole rings is 1. The van der Waals surface area contributed by atoms with Crippen LogP contribution in [0.1, 0.15) is 16.8 Å². The molecule has 0 amide bonds. The Morgan fingerprint density at radius 2 is 2.35 bits per heavy atom.